The van der Waals surface area contributed by atoms with Gasteiger partial charge in [-0.1, -0.05) is 6.07 Å². The second-order valence-electron chi connectivity index (χ2n) is 6.97. The van der Waals surface area contributed by atoms with Gasteiger partial charge in [-0.25, -0.2) is 8.42 Å². The lowest BCUT2D eigenvalue weighted by Gasteiger charge is -2.27. The summed E-state index contributed by atoms with van der Waals surface area (Å²) in [5.74, 6) is -1.32. The molecular weight excluding hydrogens is 444 g/mol. The lowest BCUT2D eigenvalue weighted by Crippen LogP contribution is -2.38. The van der Waals surface area contributed by atoms with Crippen molar-refractivity contribution in [1.82, 2.24) is 4.90 Å². The smallest absolute Gasteiger partial charge is 0.265 e. The van der Waals surface area contributed by atoms with Crippen LogP contribution in [0, 0.1) is 0 Å². The summed E-state index contributed by atoms with van der Waals surface area (Å²) in [6.07, 6.45) is 1.04. The van der Waals surface area contributed by atoms with Crippen LogP contribution in [-0.2, 0) is 14.6 Å². The zero-order valence-corrected chi connectivity index (χ0v) is 19.1. The summed E-state index contributed by atoms with van der Waals surface area (Å²) in [6, 6.07) is 3.68. The summed E-state index contributed by atoms with van der Waals surface area (Å²) >= 11 is 1.07. The molecule has 1 aromatic heterocycles. The fraction of sp³-hybridized carbons (Fsp3) is 0.350. The molecule has 0 bridgehead atoms. The molecule has 0 radical (unpaired) electrons. The number of benzene rings is 1. The minimum absolute atomic E-state index is 0.0715. The standard InChI is InChI=1S/C20H22N2O7S2/c1-5-29-16-8-12(6-7-15(16)28-3)14(10-31(4,26)27)22-19(24)13-9-30-18(21-11(2)23)17(13)20(22)25/h6-9,14H,5,10H2,1-4H3,(H,21,23). The van der Waals surface area contributed by atoms with Crippen LogP contribution in [0.15, 0.2) is 23.6 Å². The highest BCUT2D eigenvalue weighted by Gasteiger charge is 2.44. The van der Waals surface area contributed by atoms with Gasteiger partial charge in [0.1, 0.15) is 14.8 Å². The molecule has 0 aliphatic carbocycles. The zero-order chi connectivity index (χ0) is 22.9. The molecule has 31 heavy (non-hydrogen) atoms. The number of anilines is 1. The van der Waals surface area contributed by atoms with E-state index in [0.29, 0.717) is 23.7 Å². The molecule has 2 heterocycles. The number of hydrogen-bond acceptors (Lipinski definition) is 8. The largest absolute Gasteiger partial charge is 0.493 e. The normalized spacial score (nSPS) is 14.4. The molecule has 2 aromatic rings. The van der Waals surface area contributed by atoms with Crippen LogP contribution in [0.1, 0.15) is 46.2 Å². The zero-order valence-electron chi connectivity index (χ0n) is 17.4. The fourth-order valence-electron chi connectivity index (χ4n) is 3.38. The molecule has 1 N–H and O–H groups in total. The third-order valence-corrected chi connectivity index (χ3v) is 6.42. The maximum Gasteiger partial charge on any atom is 0.265 e. The van der Waals surface area contributed by atoms with E-state index in [0.717, 1.165) is 22.5 Å². The second kappa shape index (κ2) is 8.67. The third kappa shape index (κ3) is 4.57. The van der Waals surface area contributed by atoms with Gasteiger partial charge in [0, 0.05) is 18.6 Å². The summed E-state index contributed by atoms with van der Waals surface area (Å²) in [7, 11) is -2.11. The number of thiophene rings is 1. The molecule has 1 aromatic carbocycles. The number of nitrogens with zero attached hydrogens (tertiary/aromatic N) is 1. The van der Waals surface area contributed by atoms with Crippen molar-refractivity contribution >= 4 is 43.9 Å². The van der Waals surface area contributed by atoms with E-state index in [1.807, 2.05) is 0 Å². The van der Waals surface area contributed by atoms with E-state index < -0.39 is 33.4 Å². The van der Waals surface area contributed by atoms with E-state index in [4.69, 9.17) is 9.47 Å². The molecule has 0 saturated carbocycles. The molecule has 9 nitrogen and oxygen atoms in total. The Labute approximate surface area is 183 Å². The Morgan fingerprint density at radius 2 is 1.94 bits per heavy atom. The predicted molar refractivity (Wildman–Crippen MR) is 116 cm³/mol. The van der Waals surface area contributed by atoms with Gasteiger partial charge in [-0.15, -0.1) is 11.3 Å². The predicted octanol–water partition coefficient (Wildman–Crippen LogP) is 2.50. The Hall–Kier alpha value is -2.92. The van der Waals surface area contributed by atoms with Gasteiger partial charge in [-0.2, -0.15) is 0 Å². The number of nitrogens with one attached hydrogen (secondary N) is 1. The van der Waals surface area contributed by atoms with Gasteiger partial charge in [0.15, 0.2) is 11.5 Å². The number of imide groups is 1. The number of carbonyl (C=O) groups is 3. The third-order valence-electron chi connectivity index (χ3n) is 4.61. The number of ether oxygens (including phenoxy) is 2. The van der Waals surface area contributed by atoms with Crippen molar-refractivity contribution in [1.29, 1.82) is 0 Å². The number of amides is 3. The van der Waals surface area contributed by atoms with Crippen LogP contribution >= 0.6 is 11.3 Å². The Morgan fingerprint density at radius 3 is 2.52 bits per heavy atom. The van der Waals surface area contributed by atoms with Crippen molar-refractivity contribution in [3.8, 4) is 11.5 Å². The van der Waals surface area contributed by atoms with Crippen molar-refractivity contribution in [2.24, 2.45) is 0 Å². The summed E-state index contributed by atoms with van der Waals surface area (Å²) < 4.78 is 35.2. The summed E-state index contributed by atoms with van der Waals surface area (Å²) in [6.45, 7) is 3.42. The lowest BCUT2D eigenvalue weighted by atomic mass is 10.1. The van der Waals surface area contributed by atoms with Crippen LogP contribution < -0.4 is 14.8 Å². The van der Waals surface area contributed by atoms with Gasteiger partial charge in [0.05, 0.1) is 36.6 Å². The molecule has 1 atom stereocenters. The molecule has 166 valence electrons. The van der Waals surface area contributed by atoms with E-state index in [-0.39, 0.29) is 22.0 Å². The minimum Gasteiger partial charge on any atom is -0.493 e. The second-order valence-corrected chi connectivity index (χ2v) is 10.0. The Kier molecular flexibility index (Phi) is 6.37. The molecule has 1 aliphatic rings. The average molecular weight is 467 g/mol. The van der Waals surface area contributed by atoms with Crippen LogP contribution in [0.3, 0.4) is 0 Å². The summed E-state index contributed by atoms with van der Waals surface area (Å²) in [5.41, 5.74) is 0.615. The maximum absolute atomic E-state index is 13.2. The monoisotopic (exact) mass is 466 g/mol. The van der Waals surface area contributed by atoms with Gasteiger partial charge >= 0.3 is 0 Å². The summed E-state index contributed by atoms with van der Waals surface area (Å²) in [4.78, 5) is 38.7. The van der Waals surface area contributed by atoms with Crippen molar-refractivity contribution < 1.29 is 32.3 Å². The van der Waals surface area contributed by atoms with E-state index in [1.54, 1.807) is 25.1 Å². The van der Waals surface area contributed by atoms with Crippen LogP contribution in [0.2, 0.25) is 0 Å². The van der Waals surface area contributed by atoms with Crippen molar-refractivity contribution in [2.45, 2.75) is 19.9 Å². The number of hydrogen-bond donors (Lipinski definition) is 1. The maximum atomic E-state index is 13.2. The molecule has 0 fully saturated rings. The SMILES string of the molecule is CCOc1cc(C(CS(C)(=O)=O)N2C(=O)c3csc(NC(C)=O)c3C2=O)ccc1OC. The molecule has 3 rings (SSSR count). The van der Waals surface area contributed by atoms with E-state index in [1.165, 1.54) is 19.4 Å². The highest BCUT2D eigenvalue weighted by Crippen LogP contribution is 2.41. The van der Waals surface area contributed by atoms with Crippen LogP contribution in [0.4, 0.5) is 5.00 Å². The fourth-order valence-corrected chi connectivity index (χ4v) is 5.27. The number of methoxy groups -OCH3 is 1. The molecule has 1 aliphatic heterocycles. The van der Waals surface area contributed by atoms with Crippen molar-refractivity contribution in [3.63, 3.8) is 0 Å². The lowest BCUT2D eigenvalue weighted by molar-refractivity contribution is -0.114. The van der Waals surface area contributed by atoms with Gasteiger partial charge in [0.2, 0.25) is 5.91 Å². The number of fused-ring (bicyclic) bond motifs is 1. The van der Waals surface area contributed by atoms with Crippen LogP contribution in [0.5, 0.6) is 11.5 Å². The topological polar surface area (TPSA) is 119 Å². The number of carbonyl (C=O) groups excluding carboxylic acids is 3. The van der Waals surface area contributed by atoms with Gasteiger partial charge < -0.3 is 14.8 Å². The minimum atomic E-state index is -3.58. The highest BCUT2D eigenvalue weighted by molar-refractivity contribution is 7.90. The van der Waals surface area contributed by atoms with E-state index in [2.05, 4.69) is 5.32 Å². The first-order valence-electron chi connectivity index (χ1n) is 9.32. The molecule has 0 spiro atoms. The molecule has 1 unspecified atom stereocenters. The van der Waals surface area contributed by atoms with Crippen molar-refractivity contribution in [3.05, 3.63) is 40.3 Å². The number of sulfone groups is 1. The Balaban J connectivity index is 2.09. The van der Waals surface area contributed by atoms with E-state index >= 15 is 0 Å². The first-order valence-corrected chi connectivity index (χ1v) is 12.3. The molecule has 0 saturated heterocycles. The molecular formula is C20H22N2O7S2. The molecule has 11 heteroatoms. The Bertz CT molecular complexity index is 1150. The Morgan fingerprint density at radius 1 is 1.23 bits per heavy atom. The van der Waals surface area contributed by atoms with Gasteiger partial charge in [0.25, 0.3) is 11.8 Å². The first-order chi connectivity index (χ1) is 14.6. The quantitative estimate of drug-likeness (QED) is 0.594. The summed E-state index contributed by atoms with van der Waals surface area (Å²) in [5, 5.41) is 4.29. The average Bonchev–Trinajstić information content (AvgIpc) is 3.19. The number of rotatable bonds is 8. The van der Waals surface area contributed by atoms with Gasteiger partial charge in [-0.05, 0) is 24.6 Å². The van der Waals surface area contributed by atoms with Gasteiger partial charge in [-0.3, -0.25) is 19.3 Å². The van der Waals surface area contributed by atoms with Crippen LogP contribution in [0.25, 0.3) is 0 Å². The van der Waals surface area contributed by atoms with Crippen LogP contribution in [-0.4, -0.2) is 56.8 Å². The van der Waals surface area contributed by atoms with E-state index in [9.17, 15) is 22.8 Å². The first kappa shape index (κ1) is 22.8. The molecule has 3 amide bonds. The van der Waals surface area contributed by atoms with Crippen molar-refractivity contribution in [2.75, 3.05) is 31.0 Å². The highest BCUT2D eigenvalue weighted by atomic mass is 32.2.